The first-order chi connectivity index (χ1) is 28.8. The van der Waals surface area contributed by atoms with Crippen LogP contribution in [0.1, 0.15) is 53.1 Å². The smallest absolute Gasteiger partial charge is 0.169 e. The number of benzene rings is 6. The highest BCUT2D eigenvalue weighted by atomic mass is 15.2. The number of amidine groups is 2. The second kappa shape index (κ2) is 14.1. The van der Waals surface area contributed by atoms with Crippen molar-refractivity contribution in [2.45, 2.75) is 36.9 Å². The molecule has 278 valence electrons. The number of nitrogens with one attached hydrogen (secondary N) is 1. The van der Waals surface area contributed by atoms with Gasteiger partial charge in [0.05, 0.1) is 28.4 Å². The first-order valence-corrected chi connectivity index (χ1v) is 20.3. The van der Waals surface area contributed by atoms with Crippen LogP contribution in [0.5, 0.6) is 0 Å². The van der Waals surface area contributed by atoms with Crippen molar-refractivity contribution >= 4 is 44.9 Å². The lowest BCUT2D eigenvalue weighted by Gasteiger charge is -2.34. The third kappa shape index (κ3) is 5.57. The molecular formula is C53H41N5. The van der Waals surface area contributed by atoms with E-state index in [4.69, 9.17) is 15.0 Å². The van der Waals surface area contributed by atoms with Gasteiger partial charge in [-0.05, 0) is 58.9 Å². The fourth-order valence-electron chi connectivity index (χ4n) is 9.46. The van der Waals surface area contributed by atoms with E-state index >= 15 is 0 Å². The standard InChI is InChI=1S/C53H41N5/c1-6-19-36(20-7-1)49-53(40-26-12-4-13-27-40,41-28-14-5-15-29-41)45-35-48-44(34-46(45)54-49)43-31-16-17-32-47(43)58(48)42-30-18-25-39(33-42)52-56-50(37-21-8-2-9-22-37)55-51(57-52)38-23-10-3-11-24-38/h1-2,4-10,12-32,34-35,42,51H,3,11,33H2,(H,55,56,57). The van der Waals surface area contributed by atoms with E-state index in [1.54, 1.807) is 0 Å². The zero-order chi connectivity index (χ0) is 38.5. The number of hydrogen-bond acceptors (Lipinski definition) is 4. The van der Waals surface area contributed by atoms with Gasteiger partial charge in [-0.3, -0.25) is 4.99 Å². The predicted octanol–water partition coefficient (Wildman–Crippen LogP) is 11.7. The Kier molecular flexibility index (Phi) is 8.32. The van der Waals surface area contributed by atoms with Gasteiger partial charge < -0.3 is 9.88 Å². The third-order valence-electron chi connectivity index (χ3n) is 12.1. The number of fused-ring (bicyclic) bond motifs is 4. The zero-order valence-corrected chi connectivity index (χ0v) is 32.0. The van der Waals surface area contributed by atoms with Gasteiger partial charge in [-0.15, -0.1) is 0 Å². The monoisotopic (exact) mass is 747 g/mol. The average molecular weight is 748 g/mol. The van der Waals surface area contributed by atoms with Crippen molar-refractivity contribution in [2.75, 3.05) is 0 Å². The molecule has 6 aromatic carbocycles. The maximum atomic E-state index is 5.60. The largest absolute Gasteiger partial charge is 0.333 e. The Morgan fingerprint density at radius 1 is 0.621 bits per heavy atom. The first-order valence-electron chi connectivity index (χ1n) is 20.3. The summed E-state index contributed by atoms with van der Waals surface area (Å²) in [4.78, 5) is 16.0. The maximum Gasteiger partial charge on any atom is 0.169 e. The second-order valence-electron chi connectivity index (χ2n) is 15.4. The SMILES string of the molecule is C1=CC(n2c3ccccc3c3cc4c(cc32)C(c2ccccc2)(c2ccccc2)C(c2ccccc2)=N4)CC(C2=NC(C3=CCCC=C3)N=C(c3ccccc3)N2)=C1. The number of rotatable bonds is 7. The highest BCUT2D eigenvalue weighted by Crippen LogP contribution is 2.53. The summed E-state index contributed by atoms with van der Waals surface area (Å²) in [5.74, 6) is 1.73. The van der Waals surface area contributed by atoms with Crippen LogP contribution in [0.25, 0.3) is 21.8 Å². The Hall–Kier alpha value is -7.11. The fraction of sp³-hybridized carbons (Fsp3) is 0.113. The minimum atomic E-state index is -0.632. The van der Waals surface area contributed by atoms with Crippen molar-refractivity contribution in [1.82, 2.24) is 9.88 Å². The Labute approximate surface area is 338 Å². The molecule has 1 aromatic heterocycles. The Balaban J connectivity index is 1.07. The molecule has 5 heteroatoms. The highest BCUT2D eigenvalue weighted by molar-refractivity contribution is 6.20. The fourth-order valence-corrected chi connectivity index (χ4v) is 9.46. The second-order valence-corrected chi connectivity index (χ2v) is 15.4. The highest BCUT2D eigenvalue weighted by Gasteiger charge is 2.47. The summed E-state index contributed by atoms with van der Waals surface area (Å²) in [6.45, 7) is 0. The Morgan fingerprint density at radius 2 is 1.28 bits per heavy atom. The lowest BCUT2D eigenvalue weighted by molar-refractivity contribution is 0.636. The molecule has 2 aliphatic heterocycles. The van der Waals surface area contributed by atoms with Gasteiger partial charge in [0.15, 0.2) is 6.17 Å². The van der Waals surface area contributed by atoms with E-state index < -0.39 is 5.41 Å². The number of hydrogen-bond donors (Lipinski definition) is 1. The first kappa shape index (κ1) is 34.2. The quantitative estimate of drug-likeness (QED) is 0.173. The lowest BCUT2D eigenvalue weighted by atomic mass is 9.65. The van der Waals surface area contributed by atoms with E-state index in [1.807, 2.05) is 6.07 Å². The minimum Gasteiger partial charge on any atom is -0.333 e. The van der Waals surface area contributed by atoms with Gasteiger partial charge in [0.1, 0.15) is 11.7 Å². The molecule has 0 radical (unpaired) electrons. The molecule has 4 aliphatic rings. The summed E-state index contributed by atoms with van der Waals surface area (Å²) >= 11 is 0. The molecule has 11 rings (SSSR count). The summed E-state index contributed by atoms with van der Waals surface area (Å²) in [6, 6.07) is 56.6. The molecule has 0 bridgehead atoms. The molecule has 0 spiro atoms. The molecule has 0 amide bonds. The predicted molar refractivity (Wildman–Crippen MR) is 240 cm³/mol. The molecule has 3 heterocycles. The van der Waals surface area contributed by atoms with Crippen molar-refractivity contribution < 1.29 is 0 Å². The number of aliphatic imine (C=N–C) groups is 3. The summed E-state index contributed by atoms with van der Waals surface area (Å²) in [6.07, 6.45) is 16.0. The lowest BCUT2D eigenvalue weighted by Crippen LogP contribution is -2.39. The van der Waals surface area contributed by atoms with Gasteiger partial charge in [-0.25, -0.2) is 9.98 Å². The van der Waals surface area contributed by atoms with Crippen molar-refractivity contribution in [1.29, 1.82) is 0 Å². The molecule has 58 heavy (non-hydrogen) atoms. The van der Waals surface area contributed by atoms with Gasteiger partial charge in [-0.1, -0.05) is 176 Å². The van der Waals surface area contributed by atoms with Crippen LogP contribution in [0.3, 0.4) is 0 Å². The van der Waals surface area contributed by atoms with Crippen LogP contribution in [0.2, 0.25) is 0 Å². The molecular weight excluding hydrogens is 707 g/mol. The number of nitrogens with zero attached hydrogens (tertiary/aromatic N) is 4. The molecule has 2 aliphatic carbocycles. The zero-order valence-electron chi connectivity index (χ0n) is 32.0. The van der Waals surface area contributed by atoms with Crippen molar-refractivity contribution in [3.63, 3.8) is 0 Å². The average Bonchev–Trinajstić information content (AvgIpc) is 3.82. The van der Waals surface area contributed by atoms with Crippen LogP contribution in [0, 0.1) is 0 Å². The van der Waals surface area contributed by atoms with Gasteiger partial charge >= 0.3 is 0 Å². The van der Waals surface area contributed by atoms with Gasteiger partial charge in [0.25, 0.3) is 0 Å². The van der Waals surface area contributed by atoms with Gasteiger partial charge in [0, 0.05) is 33.8 Å². The van der Waals surface area contributed by atoms with Crippen LogP contribution in [-0.2, 0) is 5.41 Å². The molecule has 1 N–H and O–H groups in total. The summed E-state index contributed by atoms with van der Waals surface area (Å²) in [5.41, 5.74) is 11.9. The van der Waals surface area contributed by atoms with Crippen LogP contribution in [0.15, 0.2) is 220 Å². The Morgan fingerprint density at radius 3 is 1.98 bits per heavy atom. The molecule has 0 fully saturated rings. The molecule has 7 aromatic rings. The van der Waals surface area contributed by atoms with Gasteiger partial charge in [0.2, 0.25) is 0 Å². The summed E-state index contributed by atoms with van der Waals surface area (Å²) in [7, 11) is 0. The van der Waals surface area contributed by atoms with Crippen molar-refractivity contribution in [2.24, 2.45) is 15.0 Å². The minimum absolute atomic E-state index is 0.0370. The molecule has 5 nitrogen and oxygen atoms in total. The molecule has 2 unspecified atom stereocenters. The normalized spacial score (nSPS) is 19.5. The van der Waals surface area contributed by atoms with Crippen LogP contribution < -0.4 is 5.32 Å². The summed E-state index contributed by atoms with van der Waals surface area (Å²) < 4.78 is 2.55. The topological polar surface area (TPSA) is 54.0 Å². The summed E-state index contributed by atoms with van der Waals surface area (Å²) in [5, 5.41) is 6.10. The number of para-hydroxylation sites is 1. The van der Waals surface area contributed by atoms with Crippen molar-refractivity contribution in [3.8, 4) is 0 Å². The van der Waals surface area contributed by atoms with E-state index in [9.17, 15) is 0 Å². The van der Waals surface area contributed by atoms with Gasteiger partial charge in [-0.2, -0.15) is 0 Å². The van der Waals surface area contributed by atoms with Crippen LogP contribution in [-0.4, -0.2) is 28.1 Å². The van der Waals surface area contributed by atoms with Crippen LogP contribution in [0.4, 0.5) is 5.69 Å². The van der Waals surface area contributed by atoms with Crippen molar-refractivity contribution in [3.05, 3.63) is 233 Å². The van der Waals surface area contributed by atoms with E-state index in [0.29, 0.717) is 0 Å². The Bertz CT molecular complexity index is 2890. The van der Waals surface area contributed by atoms with E-state index in [1.165, 1.54) is 38.5 Å². The van der Waals surface area contributed by atoms with E-state index in [0.717, 1.165) is 64.6 Å². The molecule has 0 saturated carbocycles. The van der Waals surface area contributed by atoms with Crippen LogP contribution >= 0.6 is 0 Å². The van der Waals surface area contributed by atoms with E-state index in [2.05, 4.69) is 198 Å². The number of aromatic nitrogens is 1. The maximum absolute atomic E-state index is 5.60. The van der Waals surface area contributed by atoms with E-state index in [-0.39, 0.29) is 12.2 Å². The number of allylic oxidation sites excluding steroid dienone is 5. The molecule has 0 saturated heterocycles. The third-order valence-corrected chi connectivity index (χ3v) is 12.1. The molecule has 2 atom stereocenters.